The summed E-state index contributed by atoms with van der Waals surface area (Å²) in [6.45, 7) is 2.76. The second kappa shape index (κ2) is 6.83. The molecule has 1 rings (SSSR count). The Bertz CT molecular complexity index is 332. The van der Waals surface area contributed by atoms with E-state index in [-0.39, 0.29) is 0 Å². The summed E-state index contributed by atoms with van der Waals surface area (Å²) in [6.07, 6.45) is 1.38. The number of rotatable bonds is 3. The Morgan fingerprint density at radius 3 is 2.78 bits per heavy atom. The third-order valence-corrected chi connectivity index (χ3v) is 2.76. The molecule has 18 heavy (non-hydrogen) atoms. The zero-order valence-electron chi connectivity index (χ0n) is 10.4. The molecule has 1 aliphatic heterocycles. The summed E-state index contributed by atoms with van der Waals surface area (Å²) in [5.74, 6) is -0.469. The van der Waals surface area contributed by atoms with Crippen molar-refractivity contribution in [3.8, 4) is 0 Å². The van der Waals surface area contributed by atoms with Crippen molar-refractivity contribution in [3.05, 3.63) is 0 Å². The number of hydrogen-bond donors (Lipinski definition) is 3. The standard InChI is InChI=1S/C11H19N3O4/c1-2-6-12-10(16)14-7-4-3-5-8(9(14)15)13-11(17)18/h8,13H,2-7H2,1H3,(H,12,16)(H,17,18)/t8-/m1/s1. The number of urea groups is 1. The molecule has 1 fully saturated rings. The molecule has 0 aromatic heterocycles. The molecular weight excluding hydrogens is 238 g/mol. The van der Waals surface area contributed by atoms with Gasteiger partial charge in [-0.25, -0.2) is 9.59 Å². The van der Waals surface area contributed by atoms with Gasteiger partial charge < -0.3 is 15.7 Å². The van der Waals surface area contributed by atoms with Crippen molar-refractivity contribution in [1.82, 2.24) is 15.5 Å². The van der Waals surface area contributed by atoms with Crippen LogP contribution >= 0.6 is 0 Å². The van der Waals surface area contributed by atoms with Crippen LogP contribution < -0.4 is 10.6 Å². The zero-order valence-corrected chi connectivity index (χ0v) is 10.4. The van der Waals surface area contributed by atoms with Crippen LogP contribution in [0, 0.1) is 0 Å². The van der Waals surface area contributed by atoms with Crippen LogP contribution in [-0.2, 0) is 4.79 Å². The van der Waals surface area contributed by atoms with E-state index in [0.29, 0.717) is 32.4 Å². The Hall–Kier alpha value is -1.79. The number of nitrogens with one attached hydrogen (secondary N) is 2. The van der Waals surface area contributed by atoms with E-state index in [0.717, 1.165) is 11.3 Å². The zero-order chi connectivity index (χ0) is 13.5. The molecule has 4 amide bonds. The summed E-state index contributed by atoms with van der Waals surface area (Å²) in [5, 5.41) is 13.4. The Morgan fingerprint density at radius 1 is 1.44 bits per heavy atom. The minimum atomic E-state index is -1.25. The van der Waals surface area contributed by atoms with Gasteiger partial charge in [-0.1, -0.05) is 6.92 Å². The molecule has 0 aliphatic carbocycles. The predicted molar refractivity (Wildman–Crippen MR) is 64.2 cm³/mol. The maximum atomic E-state index is 12.0. The summed E-state index contributed by atoms with van der Waals surface area (Å²) >= 11 is 0. The van der Waals surface area contributed by atoms with E-state index in [4.69, 9.17) is 5.11 Å². The van der Waals surface area contributed by atoms with E-state index in [9.17, 15) is 14.4 Å². The second-order valence-corrected chi connectivity index (χ2v) is 4.22. The van der Waals surface area contributed by atoms with Crippen molar-refractivity contribution in [1.29, 1.82) is 0 Å². The number of hydrogen-bond acceptors (Lipinski definition) is 3. The molecule has 1 heterocycles. The summed E-state index contributed by atoms with van der Waals surface area (Å²) < 4.78 is 0. The summed E-state index contributed by atoms with van der Waals surface area (Å²) in [6, 6.07) is -1.27. The minimum absolute atomic E-state index is 0.339. The lowest BCUT2D eigenvalue weighted by atomic mass is 10.1. The van der Waals surface area contributed by atoms with Gasteiger partial charge in [-0.2, -0.15) is 0 Å². The first-order chi connectivity index (χ1) is 8.56. The summed E-state index contributed by atoms with van der Waals surface area (Å²) in [5.41, 5.74) is 0. The van der Waals surface area contributed by atoms with E-state index in [2.05, 4.69) is 10.6 Å². The number of likely N-dealkylation sites (tertiary alicyclic amines) is 1. The summed E-state index contributed by atoms with van der Waals surface area (Å²) in [4.78, 5) is 35.5. The first kappa shape index (κ1) is 14.3. The van der Waals surface area contributed by atoms with Gasteiger partial charge in [0.05, 0.1) is 0 Å². The lowest BCUT2D eigenvalue weighted by molar-refractivity contribution is -0.129. The van der Waals surface area contributed by atoms with Gasteiger partial charge in [-0.3, -0.25) is 9.69 Å². The first-order valence-electron chi connectivity index (χ1n) is 6.15. The molecule has 0 aromatic rings. The predicted octanol–water partition coefficient (Wildman–Crippen LogP) is 0.755. The van der Waals surface area contributed by atoms with Crippen molar-refractivity contribution < 1.29 is 19.5 Å². The average molecular weight is 257 g/mol. The van der Waals surface area contributed by atoms with Gasteiger partial charge in [0.2, 0.25) is 0 Å². The molecule has 0 radical (unpaired) electrons. The number of carboxylic acid groups (broad SMARTS) is 1. The van der Waals surface area contributed by atoms with Gasteiger partial charge in [0.1, 0.15) is 6.04 Å². The molecule has 7 heteroatoms. The van der Waals surface area contributed by atoms with Crippen molar-refractivity contribution in [2.75, 3.05) is 13.1 Å². The fourth-order valence-corrected chi connectivity index (χ4v) is 1.85. The van der Waals surface area contributed by atoms with Crippen LogP contribution in [-0.4, -0.2) is 47.2 Å². The molecular formula is C11H19N3O4. The van der Waals surface area contributed by atoms with Crippen molar-refractivity contribution in [2.45, 2.75) is 38.6 Å². The lowest BCUT2D eigenvalue weighted by Crippen LogP contribution is -2.52. The highest BCUT2D eigenvalue weighted by molar-refractivity contribution is 5.98. The summed E-state index contributed by atoms with van der Waals surface area (Å²) in [7, 11) is 0. The van der Waals surface area contributed by atoms with Gasteiger partial charge in [0.25, 0.3) is 5.91 Å². The fraction of sp³-hybridized carbons (Fsp3) is 0.727. The highest BCUT2D eigenvalue weighted by Crippen LogP contribution is 2.12. The monoisotopic (exact) mass is 257 g/mol. The average Bonchev–Trinajstić information content (AvgIpc) is 2.49. The van der Waals surface area contributed by atoms with Gasteiger partial charge in [0, 0.05) is 13.1 Å². The Kier molecular flexibility index (Phi) is 5.41. The fourth-order valence-electron chi connectivity index (χ4n) is 1.85. The smallest absolute Gasteiger partial charge is 0.405 e. The molecule has 1 saturated heterocycles. The van der Waals surface area contributed by atoms with Crippen LogP contribution in [0.3, 0.4) is 0 Å². The Morgan fingerprint density at radius 2 is 2.17 bits per heavy atom. The van der Waals surface area contributed by atoms with Gasteiger partial charge in [-0.05, 0) is 25.7 Å². The number of nitrogens with zero attached hydrogens (tertiary/aromatic N) is 1. The Labute approximate surface area is 106 Å². The van der Waals surface area contributed by atoms with E-state index < -0.39 is 24.1 Å². The molecule has 102 valence electrons. The van der Waals surface area contributed by atoms with Crippen molar-refractivity contribution >= 4 is 18.0 Å². The van der Waals surface area contributed by atoms with Gasteiger partial charge >= 0.3 is 12.1 Å². The highest BCUT2D eigenvalue weighted by atomic mass is 16.4. The van der Waals surface area contributed by atoms with E-state index >= 15 is 0 Å². The molecule has 0 unspecified atom stereocenters. The molecule has 0 spiro atoms. The number of amides is 4. The van der Waals surface area contributed by atoms with Crippen molar-refractivity contribution in [3.63, 3.8) is 0 Å². The van der Waals surface area contributed by atoms with Crippen LogP contribution in [0.1, 0.15) is 32.6 Å². The van der Waals surface area contributed by atoms with Crippen LogP contribution in [0.5, 0.6) is 0 Å². The minimum Gasteiger partial charge on any atom is -0.465 e. The number of carbonyl (C=O) groups excluding carboxylic acids is 2. The van der Waals surface area contributed by atoms with Crippen molar-refractivity contribution in [2.24, 2.45) is 0 Å². The molecule has 7 nitrogen and oxygen atoms in total. The van der Waals surface area contributed by atoms with Crippen LogP contribution in [0.25, 0.3) is 0 Å². The van der Waals surface area contributed by atoms with Gasteiger partial charge in [0.15, 0.2) is 0 Å². The highest BCUT2D eigenvalue weighted by Gasteiger charge is 2.31. The normalized spacial score (nSPS) is 20.2. The van der Waals surface area contributed by atoms with E-state index in [1.807, 2.05) is 6.92 Å². The van der Waals surface area contributed by atoms with Crippen LogP contribution in [0.2, 0.25) is 0 Å². The molecule has 0 saturated carbocycles. The van der Waals surface area contributed by atoms with E-state index in [1.54, 1.807) is 0 Å². The molecule has 3 N–H and O–H groups in total. The molecule has 1 aliphatic rings. The maximum Gasteiger partial charge on any atom is 0.405 e. The third-order valence-electron chi connectivity index (χ3n) is 2.76. The molecule has 0 bridgehead atoms. The largest absolute Gasteiger partial charge is 0.465 e. The number of imide groups is 1. The molecule has 0 aromatic carbocycles. The molecule has 1 atom stereocenters. The third kappa shape index (κ3) is 3.90. The number of carbonyl (C=O) groups is 3. The lowest BCUT2D eigenvalue weighted by Gasteiger charge is -2.22. The maximum absolute atomic E-state index is 12.0. The SMILES string of the molecule is CCCNC(=O)N1CCCC[C@@H](NC(=O)O)C1=O. The van der Waals surface area contributed by atoms with Gasteiger partial charge in [-0.15, -0.1) is 0 Å². The second-order valence-electron chi connectivity index (χ2n) is 4.22. The first-order valence-corrected chi connectivity index (χ1v) is 6.15. The van der Waals surface area contributed by atoms with Crippen LogP contribution in [0.15, 0.2) is 0 Å². The quantitative estimate of drug-likeness (QED) is 0.695. The Balaban J connectivity index is 2.68. The van der Waals surface area contributed by atoms with Crippen LogP contribution in [0.4, 0.5) is 9.59 Å². The van der Waals surface area contributed by atoms with E-state index in [1.165, 1.54) is 0 Å². The topological polar surface area (TPSA) is 98.7 Å².